The van der Waals surface area contributed by atoms with Crippen molar-refractivity contribution in [3.63, 3.8) is 0 Å². The molecule has 1 aromatic carbocycles. The lowest BCUT2D eigenvalue weighted by Gasteiger charge is -2.20. The Morgan fingerprint density at radius 3 is 2.70 bits per heavy atom. The van der Waals surface area contributed by atoms with E-state index in [1.54, 1.807) is 17.4 Å². The molecule has 3 heterocycles. The van der Waals surface area contributed by atoms with Crippen LogP contribution in [0.2, 0.25) is 0 Å². The van der Waals surface area contributed by atoms with Crippen molar-refractivity contribution in [1.82, 2.24) is 9.47 Å². The highest BCUT2D eigenvalue weighted by Crippen LogP contribution is 2.25. The van der Waals surface area contributed by atoms with Crippen LogP contribution in [-0.4, -0.2) is 48.1 Å². The molecule has 1 amide bonds. The van der Waals surface area contributed by atoms with Crippen LogP contribution < -0.4 is 10.3 Å². The van der Waals surface area contributed by atoms with Crippen LogP contribution in [-0.2, 0) is 24.1 Å². The second kappa shape index (κ2) is 9.99. The molecule has 2 aromatic heterocycles. The topological polar surface area (TPSA) is 77.8 Å². The van der Waals surface area contributed by atoms with E-state index in [-0.39, 0.29) is 48.5 Å². The molecule has 0 spiro atoms. The summed E-state index contributed by atoms with van der Waals surface area (Å²) in [5.74, 6) is -1.50. The van der Waals surface area contributed by atoms with Crippen LogP contribution in [0.4, 0.5) is 4.39 Å². The number of pyridine rings is 1. The van der Waals surface area contributed by atoms with Crippen LogP contribution >= 0.6 is 11.3 Å². The van der Waals surface area contributed by atoms with Crippen LogP contribution in [0.15, 0.2) is 52.0 Å². The first-order chi connectivity index (χ1) is 16.0. The van der Waals surface area contributed by atoms with Gasteiger partial charge in [0.2, 0.25) is 0 Å². The molecule has 1 aliphatic rings. The van der Waals surface area contributed by atoms with Gasteiger partial charge in [-0.3, -0.25) is 9.59 Å². The fourth-order valence-corrected chi connectivity index (χ4v) is 4.61. The maximum Gasteiger partial charge on any atom is 0.343 e. The number of thiophene rings is 1. The molecule has 3 aromatic rings. The zero-order valence-electron chi connectivity index (χ0n) is 18.1. The Bertz CT molecular complexity index is 1220. The lowest BCUT2D eigenvalue weighted by atomic mass is 10.1. The maximum absolute atomic E-state index is 14.1. The number of esters is 1. The third-order valence-corrected chi connectivity index (χ3v) is 6.33. The zero-order chi connectivity index (χ0) is 23.4. The first-order valence-electron chi connectivity index (χ1n) is 10.5. The summed E-state index contributed by atoms with van der Waals surface area (Å²) in [7, 11) is 1.27. The minimum atomic E-state index is -0.613. The van der Waals surface area contributed by atoms with Crippen molar-refractivity contribution in [2.75, 3.05) is 26.8 Å². The molecule has 33 heavy (non-hydrogen) atoms. The van der Waals surface area contributed by atoms with E-state index in [9.17, 15) is 18.8 Å². The minimum absolute atomic E-state index is 0.0264. The second-order valence-corrected chi connectivity index (χ2v) is 8.34. The van der Waals surface area contributed by atoms with Crippen LogP contribution in [0.5, 0.6) is 5.75 Å². The fourth-order valence-electron chi connectivity index (χ4n) is 3.91. The number of aromatic nitrogens is 1. The number of ether oxygens (including phenoxy) is 2. The van der Waals surface area contributed by atoms with Crippen LogP contribution in [0, 0.1) is 5.82 Å². The highest BCUT2D eigenvalue weighted by Gasteiger charge is 2.28. The average Bonchev–Trinajstić information content (AvgIpc) is 3.23. The van der Waals surface area contributed by atoms with Gasteiger partial charge in [0.15, 0.2) is 0 Å². The summed E-state index contributed by atoms with van der Waals surface area (Å²) < 4.78 is 26.4. The summed E-state index contributed by atoms with van der Waals surface area (Å²) in [6.07, 6.45) is 0.856. The van der Waals surface area contributed by atoms with E-state index in [0.717, 1.165) is 5.56 Å². The Hall–Kier alpha value is -3.46. The SMILES string of the molecule is COC(=O)c1c(OCCc2ccsc2)cc(=O)n2c1CCN(C(=O)c1ccccc1F)CC2. The van der Waals surface area contributed by atoms with Gasteiger partial charge in [-0.15, -0.1) is 0 Å². The van der Waals surface area contributed by atoms with E-state index in [0.29, 0.717) is 18.7 Å². The van der Waals surface area contributed by atoms with Crippen molar-refractivity contribution in [2.45, 2.75) is 19.4 Å². The number of carbonyl (C=O) groups excluding carboxylic acids is 2. The monoisotopic (exact) mass is 470 g/mol. The first-order valence-corrected chi connectivity index (χ1v) is 11.5. The Morgan fingerprint density at radius 1 is 1.15 bits per heavy atom. The Balaban J connectivity index is 1.61. The third kappa shape index (κ3) is 4.83. The number of carbonyl (C=O) groups is 2. The fraction of sp³-hybridized carbons (Fsp3) is 0.292. The zero-order valence-corrected chi connectivity index (χ0v) is 18.9. The van der Waals surface area contributed by atoms with E-state index >= 15 is 0 Å². The number of fused-ring (bicyclic) bond motifs is 1. The lowest BCUT2D eigenvalue weighted by Crippen LogP contribution is -2.34. The van der Waals surface area contributed by atoms with Gasteiger partial charge in [-0.2, -0.15) is 11.3 Å². The summed E-state index contributed by atoms with van der Waals surface area (Å²) in [5.41, 5.74) is 1.38. The van der Waals surface area contributed by atoms with E-state index < -0.39 is 17.7 Å². The first kappa shape index (κ1) is 22.7. The molecule has 7 nitrogen and oxygen atoms in total. The molecule has 9 heteroatoms. The van der Waals surface area contributed by atoms with Crippen molar-refractivity contribution in [3.8, 4) is 5.75 Å². The summed E-state index contributed by atoms with van der Waals surface area (Å²) in [5, 5.41) is 3.98. The largest absolute Gasteiger partial charge is 0.492 e. The lowest BCUT2D eigenvalue weighted by molar-refractivity contribution is 0.0593. The molecule has 0 radical (unpaired) electrons. The van der Waals surface area contributed by atoms with Gasteiger partial charge < -0.3 is 18.9 Å². The molecule has 4 rings (SSSR count). The van der Waals surface area contributed by atoms with Crippen LogP contribution in [0.25, 0.3) is 0 Å². The summed E-state index contributed by atoms with van der Waals surface area (Å²) in [6, 6.07) is 9.07. The van der Waals surface area contributed by atoms with Gasteiger partial charge in [-0.1, -0.05) is 12.1 Å². The van der Waals surface area contributed by atoms with Gasteiger partial charge in [0.25, 0.3) is 11.5 Å². The highest BCUT2D eigenvalue weighted by atomic mass is 32.1. The van der Waals surface area contributed by atoms with Crippen LogP contribution in [0.1, 0.15) is 32.0 Å². The number of amides is 1. The molecule has 0 fully saturated rings. The number of nitrogens with zero attached hydrogens (tertiary/aromatic N) is 2. The molecule has 0 aliphatic carbocycles. The molecule has 0 unspecified atom stereocenters. The molecule has 172 valence electrons. The normalized spacial score (nSPS) is 13.2. The van der Waals surface area contributed by atoms with E-state index in [1.165, 1.54) is 40.8 Å². The predicted molar refractivity (Wildman–Crippen MR) is 122 cm³/mol. The van der Waals surface area contributed by atoms with Crippen molar-refractivity contribution in [1.29, 1.82) is 0 Å². The summed E-state index contributed by atoms with van der Waals surface area (Å²) >= 11 is 1.58. The molecule has 0 bridgehead atoms. The van der Waals surface area contributed by atoms with Crippen molar-refractivity contribution < 1.29 is 23.5 Å². The van der Waals surface area contributed by atoms with Crippen LogP contribution in [0.3, 0.4) is 0 Å². The average molecular weight is 471 g/mol. The van der Waals surface area contributed by atoms with Crippen molar-refractivity contribution in [2.24, 2.45) is 0 Å². The molecule has 0 saturated heterocycles. The molecule has 1 aliphatic heterocycles. The maximum atomic E-state index is 14.1. The number of benzene rings is 1. The summed E-state index contributed by atoms with van der Waals surface area (Å²) in [4.78, 5) is 39.9. The quantitative estimate of drug-likeness (QED) is 0.518. The molecule has 0 N–H and O–H groups in total. The molecular weight excluding hydrogens is 447 g/mol. The van der Waals surface area contributed by atoms with E-state index in [2.05, 4.69) is 0 Å². The van der Waals surface area contributed by atoms with Gasteiger partial charge in [-0.25, -0.2) is 9.18 Å². The number of halogens is 1. The predicted octanol–water partition coefficient (Wildman–Crippen LogP) is 3.16. The Kier molecular flexibility index (Phi) is 6.88. The number of hydrogen-bond donors (Lipinski definition) is 0. The van der Waals surface area contributed by atoms with Gasteiger partial charge in [0, 0.05) is 44.2 Å². The summed E-state index contributed by atoms with van der Waals surface area (Å²) in [6.45, 7) is 0.892. The molecular formula is C24H23FN2O5S. The standard InChI is InChI=1S/C24H23FN2O5S/c1-31-24(30)22-19-6-9-26(23(29)17-4-2-3-5-18(17)25)10-11-27(19)21(28)14-20(22)32-12-7-16-8-13-33-15-16/h2-5,8,13-15H,6-7,9-12H2,1H3. The van der Waals surface area contributed by atoms with Gasteiger partial charge in [0.05, 0.1) is 19.3 Å². The van der Waals surface area contributed by atoms with E-state index in [4.69, 9.17) is 9.47 Å². The molecule has 0 atom stereocenters. The Labute approximate surface area is 194 Å². The van der Waals surface area contributed by atoms with E-state index in [1.807, 2.05) is 16.8 Å². The van der Waals surface area contributed by atoms with Crippen molar-refractivity contribution >= 4 is 23.2 Å². The third-order valence-electron chi connectivity index (χ3n) is 5.60. The van der Waals surface area contributed by atoms with Gasteiger partial charge >= 0.3 is 5.97 Å². The Morgan fingerprint density at radius 2 is 1.97 bits per heavy atom. The number of hydrogen-bond acceptors (Lipinski definition) is 6. The number of rotatable bonds is 6. The minimum Gasteiger partial charge on any atom is -0.492 e. The van der Waals surface area contributed by atoms with Gasteiger partial charge in [0.1, 0.15) is 17.1 Å². The number of methoxy groups -OCH3 is 1. The smallest absolute Gasteiger partial charge is 0.343 e. The molecule has 0 saturated carbocycles. The van der Waals surface area contributed by atoms with Crippen molar-refractivity contribution in [3.05, 3.63) is 85.7 Å². The second-order valence-electron chi connectivity index (χ2n) is 7.56. The highest BCUT2D eigenvalue weighted by molar-refractivity contribution is 7.07. The van der Waals surface area contributed by atoms with Gasteiger partial charge in [-0.05, 0) is 34.5 Å².